The Hall–Kier alpha value is -1.17. The first kappa shape index (κ1) is 11.3. The van der Waals surface area contributed by atoms with Gasteiger partial charge in [-0.15, -0.1) is 11.6 Å². The number of H-pyrrole nitrogens is 1. The zero-order valence-corrected chi connectivity index (χ0v) is 9.22. The molecule has 2 rings (SSSR count). The molecule has 0 aliphatic heterocycles. The van der Waals surface area contributed by atoms with Crippen molar-refractivity contribution in [2.75, 3.05) is 5.88 Å². The topological polar surface area (TPSA) is 82.0 Å². The van der Waals surface area contributed by atoms with E-state index in [0.717, 1.165) is 5.52 Å². The average Bonchev–Trinajstić information content (AvgIpc) is 2.75. The number of aliphatic hydroxyl groups is 2. The van der Waals surface area contributed by atoms with Crippen LogP contribution in [0.5, 0.6) is 0 Å². The molecule has 2 aromatic rings. The molecule has 16 heavy (non-hydrogen) atoms. The van der Waals surface area contributed by atoms with Crippen LogP contribution in [0, 0.1) is 0 Å². The van der Waals surface area contributed by atoms with Crippen molar-refractivity contribution in [2.24, 2.45) is 0 Å². The SMILES string of the molecule is OC(CCCl)C(O)c1cnc2nc[nH]c2c1. The molecular formula is C10H12ClN3O2. The maximum absolute atomic E-state index is 9.83. The van der Waals surface area contributed by atoms with Crippen molar-refractivity contribution in [1.29, 1.82) is 0 Å². The highest BCUT2D eigenvalue weighted by Crippen LogP contribution is 2.20. The van der Waals surface area contributed by atoms with Gasteiger partial charge < -0.3 is 15.2 Å². The van der Waals surface area contributed by atoms with E-state index in [2.05, 4.69) is 15.0 Å². The van der Waals surface area contributed by atoms with Crippen molar-refractivity contribution >= 4 is 22.8 Å². The summed E-state index contributed by atoms with van der Waals surface area (Å²) in [6, 6.07) is 1.72. The minimum atomic E-state index is -0.973. The number of rotatable bonds is 4. The largest absolute Gasteiger partial charge is 0.390 e. The van der Waals surface area contributed by atoms with Crippen molar-refractivity contribution in [1.82, 2.24) is 15.0 Å². The molecule has 0 bridgehead atoms. The summed E-state index contributed by atoms with van der Waals surface area (Å²) >= 11 is 5.50. The lowest BCUT2D eigenvalue weighted by molar-refractivity contribution is 0.0169. The standard InChI is InChI=1S/C10H12ClN3O2/c11-2-1-8(15)9(16)6-3-7-10(12-4-6)14-5-13-7/h3-5,8-9,15-16H,1-2H2,(H,12,13,14). The van der Waals surface area contributed by atoms with E-state index in [-0.39, 0.29) is 0 Å². The molecule has 86 valence electrons. The number of alkyl halides is 1. The molecule has 3 N–H and O–H groups in total. The van der Waals surface area contributed by atoms with Crippen molar-refractivity contribution < 1.29 is 10.2 Å². The number of halogens is 1. The van der Waals surface area contributed by atoms with Gasteiger partial charge in [0.15, 0.2) is 5.65 Å². The van der Waals surface area contributed by atoms with Gasteiger partial charge in [-0.2, -0.15) is 0 Å². The van der Waals surface area contributed by atoms with Crippen LogP contribution in [-0.4, -0.2) is 37.1 Å². The third-order valence-electron chi connectivity index (χ3n) is 2.41. The van der Waals surface area contributed by atoms with Crippen molar-refractivity contribution in [2.45, 2.75) is 18.6 Å². The Labute approximate surface area is 97.1 Å². The molecule has 2 aromatic heterocycles. The summed E-state index contributed by atoms with van der Waals surface area (Å²) in [5, 5.41) is 19.4. The number of aromatic nitrogens is 3. The van der Waals surface area contributed by atoms with Gasteiger partial charge in [-0.3, -0.25) is 0 Å². The molecule has 0 aliphatic rings. The summed E-state index contributed by atoms with van der Waals surface area (Å²) in [5.74, 6) is 0.304. The van der Waals surface area contributed by atoms with Crippen molar-refractivity contribution in [3.8, 4) is 0 Å². The van der Waals surface area contributed by atoms with Gasteiger partial charge in [0, 0.05) is 17.6 Å². The summed E-state index contributed by atoms with van der Waals surface area (Å²) in [6.07, 6.45) is 1.52. The zero-order chi connectivity index (χ0) is 11.5. The van der Waals surface area contributed by atoms with Crippen LogP contribution in [0.4, 0.5) is 0 Å². The number of hydrogen-bond acceptors (Lipinski definition) is 4. The molecule has 2 heterocycles. The minimum Gasteiger partial charge on any atom is -0.390 e. The van der Waals surface area contributed by atoms with Crippen molar-refractivity contribution in [3.63, 3.8) is 0 Å². The maximum atomic E-state index is 9.83. The summed E-state index contributed by atoms with van der Waals surface area (Å²) in [4.78, 5) is 10.9. The second kappa shape index (κ2) is 4.78. The number of nitrogens with one attached hydrogen (secondary N) is 1. The number of pyridine rings is 1. The quantitative estimate of drug-likeness (QED) is 0.697. The highest BCUT2D eigenvalue weighted by atomic mass is 35.5. The number of imidazole rings is 1. The molecule has 0 radical (unpaired) electrons. The Morgan fingerprint density at radius 2 is 2.19 bits per heavy atom. The summed E-state index contributed by atoms with van der Waals surface area (Å²) < 4.78 is 0. The molecule has 0 fully saturated rings. The van der Waals surface area contributed by atoms with E-state index >= 15 is 0 Å². The summed E-state index contributed by atoms with van der Waals surface area (Å²) in [7, 11) is 0. The van der Waals surface area contributed by atoms with Crippen LogP contribution in [0.3, 0.4) is 0 Å². The summed E-state index contributed by atoms with van der Waals surface area (Å²) in [6.45, 7) is 0. The smallest absolute Gasteiger partial charge is 0.177 e. The normalized spacial score (nSPS) is 15.2. The Morgan fingerprint density at radius 3 is 2.94 bits per heavy atom. The molecule has 6 heteroatoms. The predicted molar refractivity (Wildman–Crippen MR) is 60.2 cm³/mol. The predicted octanol–water partition coefficient (Wildman–Crippen LogP) is 0.981. The Bertz CT molecular complexity index is 474. The molecule has 0 aromatic carbocycles. The van der Waals surface area contributed by atoms with E-state index in [1.807, 2.05) is 0 Å². The molecule has 2 atom stereocenters. The highest BCUT2D eigenvalue weighted by Gasteiger charge is 2.18. The number of aliphatic hydroxyl groups excluding tert-OH is 2. The van der Waals surface area contributed by atoms with Gasteiger partial charge in [0.25, 0.3) is 0 Å². The Morgan fingerprint density at radius 1 is 1.38 bits per heavy atom. The van der Waals surface area contributed by atoms with E-state index < -0.39 is 12.2 Å². The van der Waals surface area contributed by atoms with E-state index in [9.17, 15) is 10.2 Å². The fourth-order valence-electron chi connectivity index (χ4n) is 1.50. The highest BCUT2D eigenvalue weighted by molar-refractivity contribution is 6.17. The first-order valence-corrected chi connectivity index (χ1v) is 5.47. The lowest BCUT2D eigenvalue weighted by atomic mass is 10.0. The fourth-order valence-corrected chi connectivity index (χ4v) is 1.72. The lowest BCUT2D eigenvalue weighted by Gasteiger charge is -2.16. The second-order valence-electron chi connectivity index (χ2n) is 3.53. The summed E-state index contributed by atoms with van der Waals surface area (Å²) in [5.41, 5.74) is 1.87. The third kappa shape index (κ3) is 2.16. The van der Waals surface area contributed by atoms with Crippen LogP contribution in [-0.2, 0) is 0 Å². The molecule has 0 spiro atoms. The molecule has 0 saturated heterocycles. The molecule has 5 nitrogen and oxygen atoms in total. The Kier molecular flexibility index (Phi) is 3.38. The van der Waals surface area contributed by atoms with Crippen LogP contribution < -0.4 is 0 Å². The molecular weight excluding hydrogens is 230 g/mol. The Balaban J connectivity index is 2.24. The number of fused-ring (bicyclic) bond motifs is 1. The minimum absolute atomic E-state index is 0.304. The average molecular weight is 242 g/mol. The van der Waals surface area contributed by atoms with Gasteiger partial charge in [-0.25, -0.2) is 9.97 Å². The number of hydrogen-bond donors (Lipinski definition) is 3. The van der Waals surface area contributed by atoms with Gasteiger partial charge in [-0.05, 0) is 12.5 Å². The number of aromatic amines is 1. The number of nitrogens with zero attached hydrogens (tertiary/aromatic N) is 2. The van der Waals surface area contributed by atoms with Crippen LogP contribution in [0.15, 0.2) is 18.6 Å². The van der Waals surface area contributed by atoms with E-state index in [4.69, 9.17) is 11.6 Å². The van der Waals surface area contributed by atoms with Gasteiger partial charge in [0.05, 0.1) is 17.9 Å². The second-order valence-corrected chi connectivity index (χ2v) is 3.91. The van der Waals surface area contributed by atoms with Crippen LogP contribution in [0.2, 0.25) is 0 Å². The van der Waals surface area contributed by atoms with E-state index in [1.165, 1.54) is 12.5 Å². The van der Waals surface area contributed by atoms with Gasteiger partial charge in [0.1, 0.15) is 6.10 Å². The van der Waals surface area contributed by atoms with Crippen LogP contribution in [0.25, 0.3) is 11.2 Å². The monoisotopic (exact) mass is 241 g/mol. The lowest BCUT2D eigenvalue weighted by Crippen LogP contribution is -2.18. The first-order valence-electron chi connectivity index (χ1n) is 4.93. The molecule has 0 aliphatic carbocycles. The van der Waals surface area contributed by atoms with Gasteiger partial charge >= 0.3 is 0 Å². The van der Waals surface area contributed by atoms with E-state index in [0.29, 0.717) is 23.5 Å². The van der Waals surface area contributed by atoms with Crippen molar-refractivity contribution in [3.05, 3.63) is 24.2 Å². The molecule has 0 saturated carbocycles. The van der Waals surface area contributed by atoms with E-state index in [1.54, 1.807) is 6.07 Å². The zero-order valence-electron chi connectivity index (χ0n) is 8.47. The molecule has 0 amide bonds. The molecule has 2 unspecified atom stereocenters. The van der Waals surface area contributed by atoms with Gasteiger partial charge in [-0.1, -0.05) is 0 Å². The first-order chi connectivity index (χ1) is 7.72. The van der Waals surface area contributed by atoms with Gasteiger partial charge in [0.2, 0.25) is 0 Å². The maximum Gasteiger partial charge on any atom is 0.177 e. The van der Waals surface area contributed by atoms with Crippen LogP contribution >= 0.6 is 11.6 Å². The third-order valence-corrected chi connectivity index (χ3v) is 2.62. The fraction of sp³-hybridized carbons (Fsp3) is 0.400. The van der Waals surface area contributed by atoms with Crippen LogP contribution in [0.1, 0.15) is 18.1 Å².